The molecular weight excluding hydrogens is 320 g/mol. The summed E-state index contributed by atoms with van der Waals surface area (Å²) in [6.45, 7) is 1.18. The fourth-order valence-corrected chi connectivity index (χ4v) is 2.24. The lowest BCUT2D eigenvalue weighted by Gasteiger charge is -2.10. The molecule has 0 saturated heterocycles. The number of aromatic nitrogens is 1. The van der Waals surface area contributed by atoms with Gasteiger partial charge in [0.05, 0.1) is 23.0 Å². The molecular formula is C15H17BrN2O2. The lowest BCUT2D eigenvalue weighted by Crippen LogP contribution is -2.08. The van der Waals surface area contributed by atoms with Gasteiger partial charge >= 0.3 is 0 Å². The molecule has 0 saturated carbocycles. The summed E-state index contributed by atoms with van der Waals surface area (Å²) >= 11 is 3.47. The number of halogens is 1. The zero-order valence-electron chi connectivity index (χ0n) is 11.5. The quantitative estimate of drug-likeness (QED) is 0.879. The number of methoxy groups -OCH3 is 1. The van der Waals surface area contributed by atoms with Crippen LogP contribution in [0.15, 0.2) is 40.9 Å². The first-order valence-electron chi connectivity index (χ1n) is 6.28. The average molecular weight is 337 g/mol. The predicted octanol–water partition coefficient (Wildman–Crippen LogP) is 3.15. The molecule has 1 N–H and O–H groups in total. The van der Waals surface area contributed by atoms with E-state index in [-0.39, 0.29) is 0 Å². The molecule has 0 aliphatic rings. The zero-order valence-corrected chi connectivity index (χ0v) is 13.1. The van der Waals surface area contributed by atoms with Crippen molar-refractivity contribution in [2.45, 2.75) is 13.2 Å². The van der Waals surface area contributed by atoms with Crippen molar-refractivity contribution in [3.63, 3.8) is 0 Å². The molecule has 0 aliphatic carbocycles. The van der Waals surface area contributed by atoms with E-state index in [0.717, 1.165) is 33.9 Å². The van der Waals surface area contributed by atoms with Crippen LogP contribution >= 0.6 is 15.9 Å². The van der Waals surface area contributed by atoms with Gasteiger partial charge in [0.25, 0.3) is 0 Å². The molecule has 0 atom stereocenters. The van der Waals surface area contributed by atoms with Gasteiger partial charge in [-0.1, -0.05) is 6.07 Å². The highest BCUT2D eigenvalue weighted by Gasteiger charge is 2.04. The molecule has 0 bridgehead atoms. The Morgan fingerprint density at radius 2 is 2.00 bits per heavy atom. The summed E-state index contributed by atoms with van der Waals surface area (Å²) in [5.74, 6) is 1.56. The van der Waals surface area contributed by atoms with Crippen LogP contribution in [0.25, 0.3) is 0 Å². The lowest BCUT2D eigenvalue weighted by molar-refractivity contribution is 0.298. The van der Waals surface area contributed by atoms with Gasteiger partial charge in [-0.15, -0.1) is 0 Å². The first kappa shape index (κ1) is 14.8. The van der Waals surface area contributed by atoms with E-state index >= 15 is 0 Å². The molecule has 5 heteroatoms. The number of hydrogen-bond donors (Lipinski definition) is 1. The Labute approximate surface area is 127 Å². The molecule has 1 aromatic heterocycles. The van der Waals surface area contributed by atoms with Crippen molar-refractivity contribution in [1.29, 1.82) is 0 Å². The van der Waals surface area contributed by atoms with E-state index in [9.17, 15) is 0 Å². The standard InChI is InChI=1S/C15H17BrN2O2/c1-17-9-11-4-3-5-12(18-11)10-20-15-7-6-13(19-2)8-14(15)16/h3-8,17H,9-10H2,1-2H3. The van der Waals surface area contributed by atoms with Gasteiger partial charge in [0.1, 0.15) is 18.1 Å². The summed E-state index contributed by atoms with van der Waals surface area (Å²) in [5, 5.41) is 3.08. The SMILES string of the molecule is CNCc1cccc(COc2ccc(OC)cc2Br)n1. The molecule has 0 aliphatic heterocycles. The highest BCUT2D eigenvalue weighted by atomic mass is 79.9. The number of nitrogens with one attached hydrogen (secondary N) is 1. The van der Waals surface area contributed by atoms with Gasteiger partial charge in [0.15, 0.2) is 0 Å². The first-order chi connectivity index (χ1) is 9.72. The molecule has 2 aromatic rings. The van der Waals surface area contributed by atoms with Gasteiger partial charge in [-0.25, -0.2) is 0 Å². The molecule has 2 rings (SSSR count). The van der Waals surface area contributed by atoms with Crippen molar-refractivity contribution in [3.8, 4) is 11.5 Å². The van der Waals surface area contributed by atoms with Crippen LogP contribution in [0.1, 0.15) is 11.4 Å². The maximum absolute atomic E-state index is 5.77. The predicted molar refractivity (Wildman–Crippen MR) is 82.0 cm³/mol. The number of hydrogen-bond acceptors (Lipinski definition) is 4. The maximum atomic E-state index is 5.77. The normalized spacial score (nSPS) is 10.3. The van der Waals surface area contributed by atoms with Crippen LogP contribution in [0.2, 0.25) is 0 Å². The first-order valence-corrected chi connectivity index (χ1v) is 7.08. The smallest absolute Gasteiger partial charge is 0.134 e. The van der Waals surface area contributed by atoms with E-state index in [1.807, 2.05) is 43.4 Å². The molecule has 4 nitrogen and oxygen atoms in total. The van der Waals surface area contributed by atoms with Crippen LogP contribution in [0.4, 0.5) is 0 Å². The summed E-state index contributed by atoms with van der Waals surface area (Å²) < 4.78 is 11.8. The van der Waals surface area contributed by atoms with E-state index in [4.69, 9.17) is 9.47 Å². The minimum absolute atomic E-state index is 0.433. The Kier molecular flexibility index (Phi) is 5.38. The number of benzene rings is 1. The van der Waals surface area contributed by atoms with E-state index in [2.05, 4.69) is 26.2 Å². The molecule has 20 heavy (non-hydrogen) atoms. The highest BCUT2D eigenvalue weighted by molar-refractivity contribution is 9.10. The van der Waals surface area contributed by atoms with Gasteiger partial charge in [-0.05, 0) is 53.3 Å². The molecule has 1 heterocycles. The number of rotatable bonds is 6. The number of nitrogens with zero attached hydrogens (tertiary/aromatic N) is 1. The van der Waals surface area contributed by atoms with Gasteiger partial charge in [0, 0.05) is 6.54 Å². The minimum atomic E-state index is 0.433. The summed E-state index contributed by atoms with van der Waals surface area (Å²) in [6.07, 6.45) is 0. The summed E-state index contributed by atoms with van der Waals surface area (Å²) in [7, 11) is 3.54. The second-order valence-corrected chi connectivity index (χ2v) is 5.09. The Bertz CT molecular complexity index is 576. The second-order valence-electron chi connectivity index (χ2n) is 4.24. The topological polar surface area (TPSA) is 43.4 Å². The third-order valence-electron chi connectivity index (χ3n) is 2.74. The second kappa shape index (κ2) is 7.26. The van der Waals surface area contributed by atoms with Crippen LogP contribution in [0.3, 0.4) is 0 Å². The summed E-state index contributed by atoms with van der Waals surface area (Å²) in [6, 6.07) is 11.5. The summed E-state index contributed by atoms with van der Waals surface area (Å²) in [5.41, 5.74) is 1.91. The van der Waals surface area contributed by atoms with E-state index in [0.29, 0.717) is 6.61 Å². The molecule has 0 unspecified atom stereocenters. The Hall–Kier alpha value is -1.59. The zero-order chi connectivity index (χ0) is 14.4. The van der Waals surface area contributed by atoms with Crippen molar-refractivity contribution in [3.05, 3.63) is 52.3 Å². The van der Waals surface area contributed by atoms with Crippen molar-refractivity contribution in [2.75, 3.05) is 14.2 Å². The van der Waals surface area contributed by atoms with E-state index in [1.165, 1.54) is 0 Å². The minimum Gasteiger partial charge on any atom is -0.497 e. The van der Waals surface area contributed by atoms with Gasteiger partial charge < -0.3 is 14.8 Å². The Balaban J connectivity index is 2.03. The monoisotopic (exact) mass is 336 g/mol. The molecule has 1 aromatic carbocycles. The molecule has 106 valence electrons. The molecule has 0 radical (unpaired) electrons. The fourth-order valence-electron chi connectivity index (χ4n) is 1.77. The molecule has 0 amide bonds. The van der Waals surface area contributed by atoms with Crippen LogP contribution < -0.4 is 14.8 Å². The fraction of sp³-hybridized carbons (Fsp3) is 0.267. The Morgan fingerprint density at radius 3 is 2.70 bits per heavy atom. The van der Waals surface area contributed by atoms with Crippen molar-refractivity contribution < 1.29 is 9.47 Å². The largest absolute Gasteiger partial charge is 0.497 e. The van der Waals surface area contributed by atoms with E-state index < -0.39 is 0 Å². The lowest BCUT2D eigenvalue weighted by atomic mass is 10.3. The van der Waals surface area contributed by atoms with Gasteiger partial charge in [0.2, 0.25) is 0 Å². The average Bonchev–Trinajstić information content (AvgIpc) is 2.46. The molecule has 0 fully saturated rings. The molecule has 0 spiro atoms. The van der Waals surface area contributed by atoms with E-state index in [1.54, 1.807) is 7.11 Å². The van der Waals surface area contributed by atoms with Crippen LogP contribution in [-0.4, -0.2) is 19.1 Å². The number of ether oxygens (including phenoxy) is 2. The third kappa shape index (κ3) is 3.95. The van der Waals surface area contributed by atoms with Crippen LogP contribution in [-0.2, 0) is 13.2 Å². The van der Waals surface area contributed by atoms with Crippen molar-refractivity contribution >= 4 is 15.9 Å². The number of pyridine rings is 1. The van der Waals surface area contributed by atoms with Crippen molar-refractivity contribution in [2.24, 2.45) is 0 Å². The third-order valence-corrected chi connectivity index (χ3v) is 3.36. The van der Waals surface area contributed by atoms with Gasteiger partial charge in [-0.2, -0.15) is 0 Å². The van der Waals surface area contributed by atoms with Crippen molar-refractivity contribution in [1.82, 2.24) is 10.3 Å². The van der Waals surface area contributed by atoms with Gasteiger partial charge in [-0.3, -0.25) is 4.98 Å². The maximum Gasteiger partial charge on any atom is 0.134 e. The summed E-state index contributed by atoms with van der Waals surface area (Å²) in [4.78, 5) is 4.51. The highest BCUT2D eigenvalue weighted by Crippen LogP contribution is 2.29. The Morgan fingerprint density at radius 1 is 1.20 bits per heavy atom. The van der Waals surface area contributed by atoms with Crippen LogP contribution in [0.5, 0.6) is 11.5 Å². The van der Waals surface area contributed by atoms with Crippen LogP contribution in [0, 0.1) is 0 Å².